The Morgan fingerprint density at radius 3 is 2.26 bits per heavy atom. The molecule has 2 aliphatic heterocycles. The Labute approximate surface area is 360 Å². The number of hydrogen-bond donors (Lipinski definition) is 5. The number of carbonyl (C=O) groups excluding carboxylic acids is 2. The van der Waals surface area contributed by atoms with Crippen LogP contribution in [0.2, 0.25) is 0 Å². The number of amides is 1. The Hall–Kier alpha value is -6.18. The molecule has 2 unspecified atom stereocenters. The highest BCUT2D eigenvalue weighted by molar-refractivity contribution is 5.93. The van der Waals surface area contributed by atoms with Crippen LogP contribution in [0.25, 0.3) is 22.2 Å². The number of pyridine rings is 2. The van der Waals surface area contributed by atoms with E-state index in [0.717, 1.165) is 45.3 Å². The van der Waals surface area contributed by atoms with Crippen LogP contribution < -0.4 is 10.9 Å². The number of aromatic nitrogens is 2. The second kappa shape index (κ2) is 19.3. The van der Waals surface area contributed by atoms with Crippen molar-refractivity contribution < 1.29 is 29.6 Å². The lowest BCUT2D eigenvalue weighted by Gasteiger charge is -2.33. The summed E-state index contributed by atoms with van der Waals surface area (Å²) in [5.41, 5.74) is 2.01. The molecule has 0 saturated carbocycles. The van der Waals surface area contributed by atoms with Crippen LogP contribution in [0.4, 0.5) is 0 Å². The predicted octanol–water partition coefficient (Wildman–Crippen LogP) is 6.16. The largest absolute Gasteiger partial charge is 0.506 e. The third-order valence-electron chi connectivity index (χ3n) is 12.4. The van der Waals surface area contributed by atoms with Gasteiger partial charge < -0.3 is 35.3 Å². The molecular weight excluding hydrogens is 783 g/mol. The number of fused-ring (bicyclic) bond motifs is 1. The second-order valence-electron chi connectivity index (χ2n) is 16.6. The molecule has 2 saturated heterocycles. The molecular formula is C50H53N5O7. The molecule has 0 aliphatic carbocycles. The summed E-state index contributed by atoms with van der Waals surface area (Å²) in [6, 6.07) is 37.7. The van der Waals surface area contributed by atoms with Gasteiger partial charge in [-0.25, -0.2) is 9.78 Å². The van der Waals surface area contributed by atoms with Crippen molar-refractivity contribution in [1.29, 1.82) is 0 Å². The molecule has 0 spiro atoms. The summed E-state index contributed by atoms with van der Waals surface area (Å²) in [7, 11) is 0. The van der Waals surface area contributed by atoms with Crippen molar-refractivity contribution in [2.75, 3.05) is 45.9 Å². The van der Waals surface area contributed by atoms with Crippen molar-refractivity contribution >= 4 is 22.8 Å². The van der Waals surface area contributed by atoms with Crippen LogP contribution in [0, 0.1) is 11.8 Å². The average Bonchev–Trinajstić information content (AvgIpc) is 3.32. The van der Waals surface area contributed by atoms with Gasteiger partial charge in [-0.15, -0.1) is 0 Å². The molecule has 5 N–H and O–H groups in total. The normalized spacial score (nSPS) is 16.8. The second-order valence-corrected chi connectivity index (χ2v) is 16.6. The molecule has 0 radical (unpaired) electrons. The number of aliphatic hydroxyl groups excluding tert-OH is 1. The quantitative estimate of drug-likeness (QED) is 0.0802. The lowest BCUT2D eigenvalue weighted by atomic mass is 9.85. The molecule has 12 heteroatoms. The zero-order valence-electron chi connectivity index (χ0n) is 34.7. The molecule has 4 aromatic carbocycles. The first-order valence-electron chi connectivity index (χ1n) is 21.5. The number of rotatable bonds is 14. The van der Waals surface area contributed by atoms with Crippen molar-refractivity contribution in [3.8, 4) is 17.0 Å². The molecule has 0 bridgehead atoms. The van der Waals surface area contributed by atoms with Gasteiger partial charge in [0.2, 0.25) is 11.2 Å². The zero-order valence-corrected chi connectivity index (χ0v) is 34.7. The molecule has 6 aromatic rings. The molecule has 62 heavy (non-hydrogen) atoms. The number of aromatic amines is 1. The van der Waals surface area contributed by atoms with Crippen LogP contribution in [-0.4, -0.2) is 92.8 Å². The first-order valence-corrected chi connectivity index (χ1v) is 21.5. The number of ether oxygens (including phenoxy) is 1. The minimum absolute atomic E-state index is 0.0538. The van der Waals surface area contributed by atoms with E-state index < -0.39 is 17.7 Å². The number of benzene rings is 4. The number of phenolic OH excluding ortho intramolecular Hbond substituents is 1. The van der Waals surface area contributed by atoms with Crippen LogP contribution in [0.15, 0.2) is 132 Å². The van der Waals surface area contributed by atoms with E-state index in [9.17, 15) is 29.7 Å². The lowest BCUT2D eigenvalue weighted by molar-refractivity contribution is -0.164. The van der Waals surface area contributed by atoms with Crippen molar-refractivity contribution in [2.45, 2.75) is 43.9 Å². The number of piperidine rings is 2. The van der Waals surface area contributed by atoms with Crippen molar-refractivity contribution in [2.24, 2.45) is 11.8 Å². The summed E-state index contributed by atoms with van der Waals surface area (Å²) < 4.78 is 5.95. The van der Waals surface area contributed by atoms with E-state index in [0.29, 0.717) is 70.1 Å². The number of nitrogens with one attached hydrogen (secondary N) is 2. The van der Waals surface area contributed by atoms with E-state index >= 15 is 0 Å². The topological polar surface area (TPSA) is 168 Å². The molecule has 1 amide bonds. The van der Waals surface area contributed by atoms with Gasteiger partial charge >= 0.3 is 5.97 Å². The van der Waals surface area contributed by atoms with E-state index in [1.54, 1.807) is 66.7 Å². The third kappa shape index (κ3) is 9.64. The van der Waals surface area contributed by atoms with E-state index in [1.807, 2.05) is 29.2 Å². The van der Waals surface area contributed by atoms with E-state index in [2.05, 4.69) is 39.5 Å². The summed E-state index contributed by atoms with van der Waals surface area (Å²) >= 11 is 0. The highest BCUT2D eigenvalue weighted by atomic mass is 16.5. The first kappa shape index (κ1) is 42.5. The molecule has 2 aromatic heterocycles. The minimum Gasteiger partial charge on any atom is -0.506 e. The van der Waals surface area contributed by atoms with Crippen molar-refractivity contribution in [3.63, 3.8) is 0 Å². The number of phenols is 1. The Balaban J connectivity index is 0.875. The van der Waals surface area contributed by atoms with Crippen LogP contribution in [0.3, 0.4) is 0 Å². The van der Waals surface area contributed by atoms with Gasteiger partial charge in [-0.05, 0) is 104 Å². The van der Waals surface area contributed by atoms with Crippen molar-refractivity contribution in [3.05, 3.63) is 166 Å². The minimum atomic E-state index is -2.07. The fraction of sp³-hybridized carbons (Fsp3) is 0.320. The highest BCUT2D eigenvalue weighted by Crippen LogP contribution is 2.35. The maximum atomic E-state index is 14.0. The molecule has 12 nitrogen and oxygen atoms in total. The summed E-state index contributed by atoms with van der Waals surface area (Å²) in [5, 5.41) is 37.5. The number of likely N-dealkylation sites (tertiary alicyclic amines) is 2. The molecule has 2 aliphatic rings. The Bertz CT molecular complexity index is 2540. The molecule has 4 heterocycles. The fourth-order valence-electron chi connectivity index (χ4n) is 8.74. The maximum Gasteiger partial charge on any atom is 0.347 e. The molecule has 320 valence electrons. The van der Waals surface area contributed by atoms with Crippen LogP contribution in [0.1, 0.15) is 64.5 Å². The van der Waals surface area contributed by atoms with Gasteiger partial charge in [0.15, 0.2) is 0 Å². The third-order valence-corrected chi connectivity index (χ3v) is 12.4. The van der Waals surface area contributed by atoms with Crippen LogP contribution in [-0.2, 0) is 21.7 Å². The van der Waals surface area contributed by atoms with E-state index in [1.165, 1.54) is 17.7 Å². The lowest BCUT2D eigenvalue weighted by Crippen LogP contribution is -2.41. The average molecular weight is 836 g/mol. The number of aliphatic hydroxyl groups is 2. The molecule has 2 atom stereocenters. The zero-order chi connectivity index (χ0) is 43.1. The molecule has 2 fully saturated rings. The SMILES string of the molecule is O=C(c1cccc(-c2cccc(C(O)(C(=O)OCC3CCN(Cc4ccccc4)CC3)c3ccccc3)c2)n1)N1CCC(CNCC(O)c2ccc(O)c3[nH]c(=O)ccc23)CC1. The molecule has 8 rings (SSSR count). The highest BCUT2D eigenvalue weighted by Gasteiger charge is 2.42. The van der Waals surface area contributed by atoms with E-state index in [4.69, 9.17) is 9.72 Å². The van der Waals surface area contributed by atoms with Crippen LogP contribution in [0.5, 0.6) is 5.75 Å². The number of esters is 1. The van der Waals surface area contributed by atoms with Gasteiger partial charge in [-0.2, -0.15) is 0 Å². The van der Waals surface area contributed by atoms with E-state index in [-0.39, 0.29) is 36.3 Å². The number of carbonyl (C=O) groups is 2. The standard InChI is InChI=1S/C50H53N5O7/c56-44-19-17-40(41-18-20-46(58)53-47(41)44)45(57)31-51-30-34-23-27-55(28-24-34)48(59)43-16-8-15-42(52-43)37-11-7-14-39(29-37)50(61,38-12-5-2-6-13-38)49(60)62-33-36-21-25-54(26-22-36)32-35-9-3-1-4-10-35/h1-20,29,34,36,45,51,56-57,61H,21-28,30-33H2,(H,53,58). The smallest absolute Gasteiger partial charge is 0.347 e. The van der Waals surface area contributed by atoms with Crippen molar-refractivity contribution in [1.82, 2.24) is 25.1 Å². The number of hydrogen-bond acceptors (Lipinski definition) is 10. The monoisotopic (exact) mass is 835 g/mol. The summed E-state index contributed by atoms with van der Waals surface area (Å²) in [6.07, 6.45) is 2.50. The number of aromatic hydroxyl groups is 1. The number of nitrogens with zero attached hydrogens (tertiary/aromatic N) is 3. The maximum absolute atomic E-state index is 14.0. The summed E-state index contributed by atoms with van der Waals surface area (Å²) in [5.74, 6) is -0.463. The first-order chi connectivity index (χ1) is 30.2. The Morgan fingerprint density at radius 2 is 1.50 bits per heavy atom. The van der Waals surface area contributed by atoms with Crippen LogP contribution >= 0.6 is 0 Å². The van der Waals surface area contributed by atoms with Gasteiger partial charge in [-0.3, -0.25) is 14.5 Å². The Kier molecular flexibility index (Phi) is 13.2. The predicted molar refractivity (Wildman–Crippen MR) is 237 cm³/mol. The number of H-pyrrole nitrogens is 1. The van der Waals surface area contributed by atoms with Gasteiger partial charge in [0.05, 0.1) is 23.9 Å². The van der Waals surface area contributed by atoms with Gasteiger partial charge in [0, 0.05) is 48.8 Å². The van der Waals surface area contributed by atoms with Gasteiger partial charge in [0.1, 0.15) is 11.4 Å². The fourth-order valence-corrected chi connectivity index (χ4v) is 8.74. The van der Waals surface area contributed by atoms with Gasteiger partial charge in [-0.1, -0.05) is 91.0 Å². The van der Waals surface area contributed by atoms with Gasteiger partial charge in [0.25, 0.3) is 5.91 Å². The summed E-state index contributed by atoms with van der Waals surface area (Å²) in [4.78, 5) is 51.2. The summed E-state index contributed by atoms with van der Waals surface area (Å²) in [6.45, 7) is 5.00. The Morgan fingerprint density at radius 1 is 0.806 bits per heavy atom.